The summed E-state index contributed by atoms with van der Waals surface area (Å²) in [5.74, 6) is 0.688. The van der Waals surface area contributed by atoms with Crippen LogP contribution in [0.2, 0.25) is 0 Å². The Kier molecular flexibility index (Phi) is 4.04. The highest BCUT2D eigenvalue weighted by Crippen LogP contribution is 2.10. The smallest absolute Gasteiger partial charge is 0.179 e. The Hall–Kier alpha value is -1.75. The Morgan fingerprint density at radius 2 is 2.11 bits per heavy atom. The zero-order chi connectivity index (χ0) is 13.0. The Balaban J connectivity index is 2.05. The van der Waals surface area contributed by atoms with Gasteiger partial charge in [0.15, 0.2) is 5.82 Å². The van der Waals surface area contributed by atoms with Gasteiger partial charge in [0.05, 0.1) is 12.6 Å². The maximum absolute atomic E-state index is 9.53. The molecule has 5 nitrogen and oxygen atoms in total. The minimum Gasteiger partial charge on any atom is -0.391 e. The quantitative estimate of drug-likeness (QED) is 0.864. The molecule has 0 aliphatic heterocycles. The van der Waals surface area contributed by atoms with Gasteiger partial charge < -0.3 is 5.11 Å². The Labute approximate surface area is 106 Å². The minimum atomic E-state index is -0.412. The molecule has 96 valence electrons. The van der Waals surface area contributed by atoms with E-state index in [9.17, 15) is 5.11 Å². The maximum Gasteiger partial charge on any atom is 0.179 e. The number of aliphatic hydroxyl groups is 1. The molecule has 1 N–H and O–H groups in total. The summed E-state index contributed by atoms with van der Waals surface area (Å²) in [6, 6.07) is 8.16. The summed E-state index contributed by atoms with van der Waals surface area (Å²) in [6.07, 6.45) is 0.953. The molecule has 18 heavy (non-hydrogen) atoms. The molecule has 0 aliphatic carbocycles. The predicted molar refractivity (Wildman–Crippen MR) is 68.1 cm³/mol. The maximum atomic E-state index is 9.53. The van der Waals surface area contributed by atoms with Gasteiger partial charge in [-0.25, -0.2) is 0 Å². The van der Waals surface area contributed by atoms with E-state index >= 15 is 0 Å². The van der Waals surface area contributed by atoms with Gasteiger partial charge in [0.1, 0.15) is 0 Å². The number of hydrogen-bond donors (Lipinski definition) is 1. The Morgan fingerprint density at radius 3 is 2.83 bits per heavy atom. The molecule has 1 unspecified atom stereocenters. The summed E-state index contributed by atoms with van der Waals surface area (Å²) in [4.78, 5) is 1.46. The van der Waals surface area contributed by atoms with E-state index in [0.717, 1.165) is 0 Å². The third-order valence-corrected chi connectivity index (χ3v) is 2.95. The Morgan fingerprint density at radius 1 is 1.33 bits per heavy atom. The van der Waals surface area contributed by atoms with E-state index in [-0.39, 0.29) is 0 Å². The molecule has 1 aromatic carbocycles. The number of aryl methyl sites for hydroxylation is 1. The van der Waals surface area contributed by atoms with Gasteiger partial charge in [-0.1, -0.05) is 31.2 Å². The predicted octanol–water partition coefficient (Wildman–Crippen LogP) is 1.34. The molecular weight excluding hydrogens is 228 g/mol. The third-order valence-electron chi connectivity index (χ3n) is 2.95. The van der Waals surface area contributed by atoms with Crippen molar-refractivity contribution in [3.05, 3.63) is 41.2 Å². The average Bonchev–Trinajstić information content (AvgIpc) is 2.79. The van der Waals surface area contributed by atoms with Crippen molar-refractivity contribution in [2.24, 2.45) is 0 Å². The largest absolute Gasteiger partial charge is 0.391 e. The number of aromatic nitrogens is 4. The first-order chi connectivity index (χ1) is 8.69. The van der Waals surface area contributed by atoms with Gasteiger partial charge in [-0.05, 0) is 29.7 Å². The van der Waals surface area contributed by atoms with Gasteiger partial charge in [-0.2, -0.15) is 4.80 Å². The third kappa shape index (κ3) is 3.13. The van der Waals surface area contributed by atoms with Crippen LogP contribution in [0.4, 0.5) is 0 Å². The van der Waals surface area contributed by atoms with Crippen molar-refractivity contribution < 1.29 is 5.11 Å². The fourth-order valence-corrected chi connectivity index (χ4v) is 1.72. The molecule has 0 aliphatic rings. The van der Waals surface area contributed by atoms with Crippen molar-refractivity contribution in [2.45, 2.75) is 39.3 Å². The van der Waals surface area contributed by atoms with E-state index < -0.39 is 6.10 Å². The zero-order valence-electron chi connectivity index (χ0n) is 10.7. The fourth-order valence-electron chi connectivity index (χ4n) is 1.72. The molecule has 0 saturated carbocycles. The summed E-state index contributed by atoms with van der Waals surface area (Å²) in [6.45, 7) is 4.40. The molecule has 0 bridgehead atoms. The SMILES string of the molecule is CCC(O)Cn1nnc(Cc2ccccc2C)n1. The number of tetrazole rings is 1. The van der Waals surface area contributed by atoms with E-state index in [1.807, 2.05) is 19.1 Å². The van der Waals surface area contributed by atoms with Crippen LogP contribution in [0, 0.1) is 6.92 Å². The first-order valence-electron chi connectivity index (χ1n) is 6.18. The fraction of sp³-hybridized carbons (Fsp3) is 0.462. The van der Waals surface area contributed by atoms with Crippen LogP contribution in [0.15, 0.2) is 24.3 Å². The van der Waals surface area contributed by atoms with Gasteiger partial charge in [0.25, 0.3) is 0 Å². The van der Waals surface area contributed by atoms with Gasteiger partial charge in [-0.15, -0.1) is 10.2 Å². The Bertz CT molecular complexity index is 509. The normalized spacial score (nSPS) is 12.6. The summed E-state index contributed by atoms with van der Waals surface area (Å²) in [5, 5.41) is 21.8. The van der Waals surface area contributed by atoms with Crippen LogP contribution >= 0.6 is 0 Å². The van der Waals surface area contributed by atoms with E-state index in [4.69, 9.17) is 0 Å². The molecule has 0 radical (unpaired) electrons. The van der Waals surface area contributed by atoms with Crippen LogP contribution < -0.4 is 0 Å². The van der Waals surface area contributed by atoms with Crippen LogP contribution in [0.1, 0.15) is 30.3 Å². The second kappa shape index (κ2) is 5.73. The van der Waals surface area contributed by atoms with Crippen molar-refractivity contribution in [3.63, 3.8) is 0 Å². The van der Waals surface area contributed by atoms with E-state index in [1.165, 1.54) is 15.9 Å². The monoisotopic (exact) mass is 246 g/mol. The summed E-state index contributed by atoms with van der Waals surface area (Å²) in [7, 11) is 0. The van der Waals surface area contributed by atoms with Crippen LogP contribution in [-0.2, 0) is 13.0 Å². The van der Waals surface area contributed by atoms with Crippen LogP contribution in [0.25, 0.3) is 0 Å². The zero-order valence-corrected chi connectivity index (χ0v) is 10.7. The molecule has 5 heteroatoms. The van der Waals surface area contributed by atoms with Gasteiger partial charge in [-0.3, -0.25) is 0 Å². The highest BCUT2D eigenvalue weighted by Gasteiger charge is 2.08. The van der Waals surface area contributed by atoms with Crippen molar-refractivity contribution in [2.75, 3.05) is 0 Å². The van der Waals surface area contributed by atoms with Gasteiger partial charge in [0, 0.05) is 6.42 Å². The molecule has 1 heterocycles. The topological polar surface area (TPSA) is 63.8 Å². The highest BCUT2D eigenvalue weighted by molar-refractivity contribution is 5.27. The molecule has 1 aromatic heterocycles. The first-order valence-corrected chi connectivity index (χ1v) is 6.18. The highest BCUT2D eigenvalue weighted by atomic mass is 16.3. The van der Waals surface area contributed by atoms with Crippen molar-refractivity contribution in [1.82, 2.24) is 20.2 Å². The number of benzene rings is 1. The van der Waals surface area contributed by atoms with E-state index in [1.54, 1.807) is 0 Å². The molecule has 0 saturated heterocycles. The lowest BCUT2D eigenvalue weighted by Crippen LogP contribution is -2.17. The van der Waals surface area contributed by atoms with Gasteiger partial charge in [0.2, 0.25) is 0 Å². The average molecular weight is 246 g/mol. The summed E-state index contributed by atoms with van der Waals surface area (Å²) < 4.78 is 0. The second-order valence-electron chi connectivity index (χ2n) is 4.43. The first kappa shape index (κ1) is 12.7. The molecule has 2 aromatic rings. The number of aliphatic hydroxyl groups excluding tert-OH is 1. The molecule has 1 atom stereocenters. The van der Waals surface area contributed by atoms with Crippen LogP contribution in [0.5, 0.6) is 0 Å². The molecule has 0 fully saturated rings. The number of nitrogens with zero attached hydrogens (tertiary/aromatic N) is 4. The second-order valence-corrected chi connectivity index (χ2v) is 4.43. The molecule has 0 spiro atoms. The van der Waals surface area contributed by atoms with Crippen LogP contribution in [0.3, 0.4) is 0 Å². The standard InChI is InChI=1S/C13H18N4O/c1-3-12(18)9-17-15-13(14-16-17)8-11-7-5-4-6-10(11)2/h4-7,12,18H,3,8-9H2,1-2H3. The van der Waals surface area contributed by atoms with Crippen molar-refractivity contribution >= 4 is 0 Å². The molecule has 0 amide bonds. The van der Waals surface area contributed by atoms with Crippen molar-refractivity contribution in [3.8, 4) is 0 Å². The molecule has 2 rings (SSSR count). The lowest BCUT2D eigenvalue weighted by molar-refractivity contribution is 0.138. The minimum absolute atomic E-state index is 0.400. The molecular formula is C13H18N4O. The van der Waals surface area contributed by atoms with Crippen molar-refractivity contribution in [1.29, 1.82) is 0 Å². The number of rotatable bonds is 5. The summed E-state index contributed by atoms with van der Waals surface area (Å²) >= 11 is 0. The summed E-state index contributed by atoms with van der Waals surface area (Å²) in [5.41, 5.74) is 2.43. The van der Waals surface area contributed by atoms with E-state index in [0.29, 0.717) is 25.2 Å². The van der Waals surface area contributed by atoms with Gasteiger partial charge >= 0.3 is 0 Å². The van der Waals surface area contributed by atoms with E-state index in [2.05, 4.69) is 34.5 Å². The van der Waals surface area contributed by atoms with Crippen LogP contribution in [-0.4, -0.2) is 31.4 Å². The lowest BCUT2D eigenvalue weighted by atomic mass is 10.1. The lowest BCUT2D eigenvalue weighted by Gasteiger charge is -2.04. The number of hydrogen-bond acceptors (Lipinski definition) is 4.